The van der Waals surface area contributed by atoms with E-state index in [1.165, 1.54) is 0 Å². The normalized spacial score (nSPS) is 19.5. The Morgan fingerprint density at radius 3 is 1.06 bits per heavy atom. The molecule has 0 bridgehead atoms. The highest BCUT2D eigenvalue weighted by Gasteiger charge is 2.63. The second-order valence-corrected chi connectivity index (χ2v) is 21.7. The molecule has 3 aliphatic rings. The largest absolute Gasteiger partial charge is 0.494 e. The molecular formula is C55H57B4ClO10-. The third kappa shape index (κ3) is 7.95. The van der Waals surface area contributed by atoms with Crippen molar-refractivity contribution < 1.29 is 45.6 Å². The van der Waals surface area contributed by atoms with E-state index in [2.05, 4.69) is 52.0 Å². The molecule has 15 heteroatoms. The quantitative estimate of drug-likeness (QED) is 0.123. The first-order valence-corrected chi connectivity index (χ1v) is 23.7. The lowest BCUT2D eigenvalue weighted by Crippen LogP contribution is -2.41. The van der Waals surface area contributed by atoms with Crippen LogP contribution in [0.1, 0.15) is 83.1 Å². The predicted octanol–water partition coefficient (Wildman–Crippen LogP) is 14.2. The van der Waals surface area contributed by atoms with Gasteiger partial charge in [0.25, 0.3) is 0 Å². The van der Waals surface area contributed by atoms with Crippen LogP contribution in [0.15, 0.2) is 127 Å². The number of benzene rings is 6. The first kappa shape index (κ1) is 49.8. The van der Waals surface area contributed by atoms with Crippen molar-refractivity contribution in [1.82, 2.24) is 0 Å². The summed E-state index contributed by atoms with van der Waals surface area (Å²) in [5.74, 6) is 0. The van der Waals surface area contributed by atoms with Gasteiger partial charge < -0.3 is 53.0 Å². The van der Waals surface area contributed by atoms with Gasteiger partial charge in [-0.25, -0.2) is 0 Å². The van der Waals surface area contributed by atoms with E-state index in [9.17, 15) is 0 Å². The summed E-state index contributed by atoms with van der Waals surface area (Å²) in [5.41, 5.74) is 5.63. The van der Waals surface area contributed by atoms with Gasteiger partial charge in [-0.2, -0.15) is 0 Å². The summed E-state index contributed by atoms with van der Waals surface area (Å²) in [6, 6.07) is 36.0. The third-order valence-corrected chi connectivity index (χ3v) is 15.5. The molecule has 3 fully saturated rings. The molecule has 70 heavy (non-hydrogen) atoms. The number of rotatable bonds is 2. The van der Waals surface area contributed by atoms with Crippen LogP contribution in [-0.2, 0) is 27.9 Å². The maximum Gasteiger partial charge on any atom is 0.494 e. The molecule has 0 aliphatic carbocycles. The number of hydrogen-bond donors (Lipinski definition) is 0. The van der Waals surface area contributed by atoms with Crippen LogP contribution in [0.2, 0.25) is 5.02 Å². The summed E-state index contributed by atoms with van der Waals surface area (Å²) in [6.45, 7) is 24.5. The molecule has 0 atom stereocenters. The molecular weight excluding hydrogens is 899 g/mol. The van der Waals surface area contributed by atoms with Crippen LogP contribution < -0.4 is 5.46 Å². The SMILES string of the molecule is CC1(C)OB(B2OC(C)(C)C(C)(C)O2)OC1(C)C.CC1(C)OB(c2ccc3c(c2)oc2ccc4oc5ccccc5c4c23)OC1(C)C.Clc1ccc2c(c1)oc1ccc3oc4ccccc4c3c12.[B].[CH3-]. The fourth-order valence-electron chi connectivity index (χ4n) is 9.28. The Kier molecular flexibility index (Phi) is 12.1. The van der Waals surface area contributed by atoms with E-state index in [1.54, 1.807) is 0 Å². The van der Waals surface area contributed by atoms with E-state index in [0.29, 0.717) is 5.02 Å². The molecule has 10 aromatic rings. The van der Waals surface area contributed by atoms with Gasteiger partial charge in [0, 0.05) is 62.6 Å². The predicted molar refractivity (Wildman–Crippen MR) is 287 cm³/mol. The van der Waals surface area contributed by atoms with E-state index >= 15 is 0 Å². The van der Waals surface area contributed by atoms with Crippen molar-refractivity contribution in [2.45, 2.75) is 117 Å². The summed E-state index contributed by atoms with van der Waals surface area (Å²) in [5, 5.41) is 9.39. The van der Waals surface area contributed by atoms with Gasteiger partial charge in [-0.1, -0.05) is 60.1 Å². The van der Waals surface area contributed by atoms with Crippen LogP contribution in [0, 0.1) is 7.43 Å². The van der Waals surface area contributed by atoms with E-state index in [-0.39, 0.29) is 49.4 Å². The van der Waals surface area contributed by atoms with Crippen LogP contribution >= 0.6 is 11.6 Å². The van der Waals surface area contributed by atoms with Crippen molar-refractivity contribution in [3.63, 3.8) is 0 Å². The van der Waals surface area contributed by atoms with Crippen LogP contribution in [0.5, 0.6) is 0 Å². The van der Waals surface area contributed by atoms with Crippen LogP contribution in [-0.4, -0.2) is 63.2 Å². The Morgan fingerprint density at radius 2 is 0.657 bits per heavy atom. The fourth-order valence-corrected chi connectivity index (χ4v) is 9.44. The molecule has 3 radical (unpaired) electrons. The molecule has 0 unspecified atom stereocenters. The summed E-state index contributed by atoms with van der Waals surface area (Å²) >= 11 is 6.06. The van der Waals surface area contributed by atoms with Crippen LogP contribution in [0.25, 0.3) is 87.8 Å². The fraction of sp³-hybridized carbons (Fsp3) is 0.327. The molecule has 4 aromatic heterocycles. The minimum atomic E-state index is -0.476. The number of halogens is 1. The van der Waals surface area contributed by atoms with Gasteiger partial charge in [0.2, 0.25) is 0 Å². The number of fused-ring (bicyclic) bond motifs is 14. The first-order valence-electron chi connectivity index (χ1n) is 23.3. The number of hydrogen-bond acceptors (Lipinski definition) is 10. The number of furan rings is 4. The zero-order valence-corrected chi connectivity index (χ0v) is 42.9. The smallest absolute Gasteiger partial charge is 0.456 e. The Bertz CT molecular complexity index is 3540. The molecule has 0 amide bonds. The molecule has 13 rings (SSSR count). The van der Waals surface area contributed by atoms with E-state index in [4.69, 9.17) is 57.2 Å². The lowest BCUT2D eigenvalue weighted by molar-refractivity contribution is 0.00578. The highest BCUT2D eigenvalue weighted by atomic mass is 35.5. The van der Waals surface area contributed by atoms with Gasteiger partial charge >= 0.3 is 21.1 Å². The summed E-state index contributed by atoms with van der Waals surface area (Å²) < 4.78 is 60.4. The van der Waals surface area contributed by atoms with Gasteiger partial charge in [-0.15, -0.1) is 0 Å². The topological polar surface area (TPSA) is 108 Å². The van der Waals surface area contributed by atoms with Gasteiger partial charge in [0.15, 0.2) is 0 Å². The van der Waals surface area contributed by atoms with Crippen molar-refractivity contribution in [3.8, 4) is 0 Å². The third-order valence-electron chi connectivity index (χ3n) is 15.2. The second kappa shape index (κ2) is 17.0. The van der Waals surface area contributed by atoms with E-state index < -0.39 is 21.1 Å². The second-order valence-electron chi connectivity index (χ2n) is 21.3. The molecule has 6 aromatic carbocycles. The molecule has 3 aliphatic heterocycles. The minimum absolute atomic E-state index is 0. The van der Waals surface area contributed by atoms with Crippen molar-refractivity contribution in [1.29, 1.82) is 0 Å². The molecule has 0 N–H and O–H groups in total. The monoisotopic (exact) mass is 956 g/mol. The molecule has 7 heterocycles. The van der Waals surface area contributed by atoms with Gasteiger partial charge in [0.1, 0.15) is 44.7 Å². The minimum Gasteiger partial charge on any atom is -0.456 e. The lowest BCUT2D eigenvalue weighted by Gasteiger charge is -2.32. The Balaban J connectivity index is 0.000000133. The molecule has 0 spiro atoms. The summed E-state index contributed by atoms with van der Waals surface area (Å²) in [6.07, 6.45) is 0. The van der Waals surface area contributed by atoms with Crippen molar-refractivity contribution in [2.75, 3.05) is 0 Å². The van der Waals surface area contributed by atoms with Crippen molar-refractivity contribution in [2.24, 2.45) is 0 Å². The van der Waals surface area contributed by atoms with E-state index in [0.717, 1.165) is 93.2 Å². The van der Waals surface area contributed by atoms with E-state index in [1.807, 2.05) is 140 Å². The standard InChI is InChI=1S/C24H21BO4.C18H9ClO2.C12H24B2O4.CH3.B/c1-23(2)24(3,4)29-25(28-23)14-9-10-16-20(13-14)27-19-12-11-18-21(22(16)19)15-7-5-6-8-17(15)26-18;19-10-5-6-12-16(9-10)21-15-8-7-14-17(18(12)15)11-3-1-2-4-13(11)20-14;1-9(2)10(3,4)16-13(15-9)14-17-11(5,6)12(7,8)18-14;;/h5-13H,1-4H3;1-9H;1-8H3;1H3;/q;;;-1;. The summed E-state index contributed by atoms with van der Waals surface area (Å²) in [4.78, 5) is 0. The molecule has 10 nitrogen and oxygen atoms in total. The van der Waals surface area contributed by atoms with Gasteiger partial charge in [0.05, 0.1) is 33.6 Å². The Hall–Kier alpha value is -5.17. The highest BCUT2D eigenvalue weighted by molar-refractivity contribution is 7.11. The average molecular weight is 957 g/mol. The zero-order chi connectivity index (χ0) is 47.9. The lowest BCUT2D eigenvalue weighted by atomic mass is 9.49. The van der Waals surface area contributed by atoms with Crippen LogP contribution in [0.4, 0.5) is 0 Å². The van der Waals surface area contributed by atoms with Crippen molar-refractivity contribution >= 4 is 134 Å². The van der Waals surface area contributed by atoms with Gasteiger partial charge in [-0.3, -0.25) is 0 Å². The Labute approximate surface area is 416 Å². The van der Waals surface area contributed by atoms with Crippen LogP contribution in [0.3, 0.4) is 0 Å². The first-order chi connectivity index (χ1) is 32.0. The number of para-hydroxylation sites is 2. The maximum atomic E-state index is 6.23. The molecule has 0 saturated carbocycles. The molecule has 3 saturated heterocycles. The molecule has 357 valence electrons. The Morgan fingerprint density at radius 1 is 0.343 bits per heavy atom. The highest BCUT2D eigenvalue weighted by Crippen LogP contribution is 2.45. The zero-order valence-electron chi connectivity index (χ0n) is 42.2. The van der Waals surface area contributed by atoms with Crippen molar-refractivity contribution in [3.05, 3.63) is 122 Å². The van der Waals surface area contributed by atoms with Gasteiger partial charge in [-0.05, 0) is 143 Å². The summed E-state index contributed by atoms with van der Waals surface area (Å²) in [7, 11) is -1.36. The maximum absolute atomic E-state index is 6.23. The average Bonchev–Trinajstić information content (AvgIpc) is 4.12.